The minimum atomic E-state index is -0.643. The number of hydrogen-bond acceptors (Lipinski definition) is 5. The number of azo groups is 1. The van der Waals surface area contributed by atoms with Gasteiger partial charge < -0.3 is 9.67 Å². The molecule has 1 heterocycles. The number of nitro benzene ring substituents is 1. The average molecular weight is 394 g/mol. The first-order valence-corrected chi connectivity index (χ1v) is 9.30. The van der Waals surface area contributed by atoms with Gasteiger partial charge in [-0.25, -0.2) is 0 Å². The van der Waals surface area contributed by atoms with Gasteiger partial charge in [0.1, 0.15) is 0 Å². The van der Waals surface area contributed by atoms with Gasteiger partial charge in [0.05, 0.1) is 10.4 Å². The van der Waals surface area contributed by atoms with E-state index in [9.17, 15) is 20.0 Å². The fraction of sp³-hybridized carbons (Fsp3) is 0.286. The molecule has 0 atom stereocenters. The molecule has 0 radical (unpaired) electrons. The fourth-order valence-electron chi connectivity index (χ4n) is 3.03. The summed E-state index contributed by atoms with van der Waals surface area (Å²) in [5.41, 5.74) is 2.13. The number of aryl methyl sites for hydroxylation is 2. The van der Waals surface area contributed by atoms with E-state index in [1.807, 2.05) is 25.1 Å². The molecule has 0 fully saturated rings. The third-order valence-corrected chi connectivity index (χ3v) is 4.66. The van der Waals surface area contributed by atoms with Gasteiger partial charge in [-0.05, 0) is 43.5 Å². The van der Waals surface area contributed by atoms with Gasteiger partial charge in [0.2, 0.25) is 5.88 Å². The second kappa shape index (κ2) is 8.22. The van der Waals surface area contributed by atoms with Crippen molar-refractivity contribution < 1.29 is 14.8 Å². The summed E-state index contributed by atoms with van der Waals surface area (Å²) in [6.45, 7) is 6.77. The monoisotopic (exact) mass is 394 g/mol. The van der Waals surface area contributed by atoms with Crippen molar-refractivity contribution in [2.24, 2.45) is 16.1 Å². The molecule has 1 aromatic heterocycles. The zero-order valence-electron chi connectivity index (χ0n) is 16.5. The van der Waals surface area contributed by atoms with Crippen molar-refractivity contribution in [1.29, 1.82) is 0 Å². The molecule has 3 aromatic rings. The molecule has 8 nitrogen and oxygen atoms in total. The molecular weight excluding hydrogens is 372 g/mol. The quantitative estimate of drug-likeness (QED) is 0.336. The highest BCUT2D eigenvalue weighted by Crippen LogP contribution is 2.39. The first kappa shape index (κ1) is 20.2. The molecule has 150 valence electrons. The Morgan fingerprint density at radius 1 is 1.21 bits per heavy atom. The summed E-state index contributed by atoms with van der Waals surface area (Å²) in [5.74, 6) is -0.215. The van der Waals surface area contributed by atoms with Crippen LogP contribution in [0.2, 0.25) is 0 Å². The highest BCUT2D eigenvalue weighted by atomic mass is 16.6. The van der Waals surface area contributed by atoms with E-state index in [-0.39, 0.29) is 22.8 Å². The Hall–Kier alpha value is -3.55. The Labute approximate surface area is 167 Å². The van der Waals surface area contributed by atoms with E-state index < -0.39 is 10.8 Å². The zero-order valence-corrected chi connectivity index (χ0v) is 16.5. The molecule has 0 saturated heterocycles. The van der Waals surface area contributed by atoms with Crippen LogP contribution in [0.1, 0.15) is 36.2 Å². The number of hydrogen-bond donors (Lipinski definition) is 1. The molecule has 0 bridgehead atoms. The molecule has 0 aliphatic rings. The Morgan fingerprint density at radius 3 is 2.52 bits per heavy atom. The fourth-order valence-corrected chi connectivity index (χ4v) is 3.03. The number of benzene rings is 2. The van der Waals surface area contributed by atoms with Crippen LogP contribution in [0.4, 0.5) is 11.4 Å². The van der Waals surface area contributed by atoms with E-state index in [0.717, 1.165) is 17.5 Å². The lowest BCUT2D eigenvalue weighted by atomic mass is 10.1. The van der Waals surface area contributed by atoms with Crippen LogP contribution in [0.3, 0.4) is 0 Å². The summed E-state index contributed by atoms with van der Waals surface area (Å²) in [6.07, 6.45) is 0.878. The SMILES string of the molecule is Cc1ccc2c(c1)c(N=NC(=O)c1ccc([N+](=O)[O-])cc1)c(O)n2CCC(C)C. The van der Waals surface area contributed by atoms with Crippen molar-refractivity contribution in [3.05, 3.63) is 63.7 Å². The molecular formula is C21H22N4O4. The molecule has 2 aromatic carbocycles. The van der Waals surface area contributed by atoms with Gasteiger partial charge in [0.25, 0.3) is 11.6 Å². The van der Waals surface area contributed by atoms with Gasteiger partial charge in [-0.15, -0.1) is 10.2 Å². The molecule has 29 heavy (non-hydrogen) atoms. The predicted octanol–water partition coefficient (Wildman–Crippen LogP) is 5.53. The van der Waals surface area contributed by atoms with Crippen molar-refractivity contribution in [1.82, 2.24) is 4.57 Å². The smallest absolute Gasteiger partial charge is 0.295 e. The Morgan fingerprint density at radius 2 is 1.90 bits per heavy atom. The van der Waals surface area contributed by atoms with E-state index in [0.29, 0.717) is 17.8 Å². The normalized spacial score (nSPS) is 11.6. The third-order valence-electron chi connectivity index (χ3n) is 4.66. The summed E-state index contributed by atoms with van der Waals surface area (Å²) in [7, 11) is 0. The summed E-state index contributed by atoms with van der Waals surface area (Å²) < 4.78 is 1.78. The van der Waals surface area contributed by atoms with Crippen LogP contribution in [-0.4, -0.2) is 20.5 Å². The molecule has 0 unspecified atom stereocenters. The van der Waals surface area contributed by atoms with Crippen molar-refractivity contribution in [3.63, 3.8) is 0 Å². The summed E-state index contributed by atoms with van der Waals surface area (Å²) in [5, 5.41) is 29.9. The van der Waals surface area contributed by atoms with Crippen molar-refractivity contribution in [3.8, 4) is 5.88 Å². The van der Waals surface area contributed by atoms with E-state index in [1.54, 1.807) is 4.57 Å². The van der Waals surface area contributed by atoms with Gasteiger partial charge in [0.15, 0.2) is 5.69 Å². The molecule has 8 heteroatoms. The van der Waals surface area contributed by atoms with Crippen LogP contribution in [0, 0.1) is 23.0 Å². The molecule has 0 aliphatic carbocycles. The molecule has 0 saturated carbocycles. The number of fused-ring (bicyclic) bond motifs is 1. The average Bonchev–Trinajstić information content (AvgIpc) is 2.94. The lowest BCUT2D eigenvalue weighted by molar-refractivity contribution is -0.384. The van der Waals surface area contributed by atoms with Crippen molar-refractivity contribution in [2.45, 2.75) is 33.7 Å². The number of rotatable bonds is 6. The second-order valence-electron chi connectivity index (χ2n) is 7.34. The number of non-ortho nitro benzene ring substituents is 1. The van der Waals surface area contributed by atoms with Crippen LogP contribution in [0.5, 0.6) is 5.88 Å². The lowest BCUT2D eigenvalue weighted by Gasteiger charge is -2.09. The zero-order chi connectivity index (χ0) is 21.1. The van der Waals surface area contributed by atoms with Gasteiger partial charge in [-0.1, -0.05) is 25.5 Å². The van der Waals surface area contributed by atoms with Crippen molar-refractivity contribution >= 4 is 28.2 Å². The van der Waals surface area contributed by atoms with Crippen LogP contribution >= 0.6 is 0 Å². The molecule has 0 spiro atoms. The van der Waals surface area contributed by atoms with Crippen LogP contribution in [0.15, 0.2) is 52.7 Å². The Kier molecular flexibility index (Phi) is 5.72. The molecule has 3 rings (SSSR count). The predicted molar refractivity (Wildman–Crippen MR) is 110 cm³/mol. The maximum absolute atomic E-state index is 12.3. The van der Waals surface area contributed by atoms with Gasteiger partial charge >= 0.3 is 0 Å². The Balaban J connectivity index is 1.96. The second-order valence-corrected chi connectivity index (χ2v) is 7.34. The van der Waals surface area contributed by atoms with E-state index >= 15 is 0 Å². The molecule has 1 amide bonds. The first-order valence-electron chi connectivity index (χ1n) is 9.30. The van der Waals surface area contributed by atoms with E-state index in [1.165, 1.54) is 24.3 Å². The highest BCUT2D eigenvalue weighted by molar-refractivity contribution is 5.97. The maximum Gasteiger partial charge on any atom is 0.295 e. The minimum absolute atomic E-state index is 0.0356. The van der Waals surface area contributed by atoms with Crippen LogP contribution in [0.25, 0.3) is 10.9 Å². The van der Waals surface area contributed by atoms with Gasteiger partial charge in [-0.2, -0.15) is 0 Å². The lowest BCUT2D eigenvalue weighted by Crippen LogP contribution is -2.00. The Bertz CT molecular complexity index is 1100. The van der Waals surface area contributed by atoms with Crippen LogP contribution < -0.4 is 0 Å². The number of carbonyl (C=O) groups excluding carboxylic acids is 1. The number of carbonyl (C=O) groups is 1. The summed E-state index contributed by atoms with van der Waals surface area (Å²) >= 11 is 0. The number of aromatic hydroxyl groups is 1. The summed E-state index contributed by atoms with van der Waals surface area (Å²) in [6, 6.07) is 10.9. The summed E-state index contributed by atoms with van der Waals surface area (Å²) in [4.78, 5) is 22.5. The standard InChI is InChI=1S/C21H22N4O4/c1-13(2)10-11-24-18-9-4-14(3)12-17(18)19(21(24)27)22-23-20(26)15-5-7-16(8-6-15)25(28)29/h4-9,12-13,27H,10-11H2,1-3H3. The van der Waals surface area contributed by atoms with Gasteiger partial charge in [0, 0.05) is 29.6 Å². The van der Waals surface area contributed by atoms with Crippen molar-refractivity contribution in [2.75, 3.05) is 0 Å². The number of aromatic nitrogens is 1. The van der Waals surface area contributed by atoms with Crippen LogP contribution in [-0.2, 0) is 6.54 Å². The number of nitro groups is 1. The number of amides is 1. The van der Waals surface area contributed by atoms with E-state index in [2.05, 4.69) is 24.1 Å². The third kappa shape index (κ3) is 4.31. The number of nitrogens with zero attached hydrogens (tertiary/aromatic N) is 4. The minimum Gasteiger partial charge on any atom is -0.493 e. The van der Waals surface area contributed by atoms with Gasteiger partial charge in [-0.3, -0.25) is 14.9 Å². The first-order chi connectivity index (χ1) is 13.8. The maximum atomic E-state index is 12.3. The largest absolute Gasteiger partial charge is 0.493 e. The topological polar surface area (TPSA) is 110 Å². The molecule has 0 aliphatic heterocycles. The molecule has 1 N–H and O–H groups in total. The van der Waals surface area contributed by atoms with E-state index in [4.69, 9.17) is 0 Å². The highest BCUT2D eigenvalue weighted by Gasteiger charge is 2.18.